The zero-order chi connectivity index (χ0) is 18.7. The number of hydrogen-bond acceptors (Lipinski definition) is 3. The van der Waals surface area contributed by atoms with Gasteiger partial charge in [-0.05, 0) is 50.7 Å². The molecule has 0 aliphatic heterocycles. The van der Waals surface area contributed by atoms with Crippen molar-refractivity contribution in [1.82, 2.24) is 15.1 Å². The van der Waals surface area contributed by atoms with Crippen LogP contribution in [0, 0.1) is 6.92 Å². The molecular weight excluding hydrogens is 330 g/mol. The number of aliphatic carboxylic acids is 1. The molecule has 1 heterocycles. The molecular formula is C20H23N3O3. The van der Waals surface area contributed by atoms with Crippen LogP contribution in [-0.2, 0) is 17.6 Å². The standard InChI is InChI=1S/C20H23N3O3/c1-3-4-10-15(20(25)26)21-19(24)18-14-9-7-12-17(14)23(22-18)16-11-6-5-8-13(16)2/h3,5-6,8,11,15H,1,4,7,9-10,12H2,2H3,(H,21,24)(H,25,26). The van der Waals surface area contributed by atoms with E-state index >= 15 is 0 Å². The number of para-hydroxylation sites is 1. The zero-order valence-electron chi connectivity index (χ0n) is 14.9. The molecule has 6 nitrogen and oxygen atoms in total. The van der Waals surface area contributed by atoms with Gasteiger partial charge in [0, 0.05) is 11.3 Å². The van der Waals surface area contributed by atoms with Gasteiger partial charge >= 0.3 is 5.97 Å². The number of hydrogen-bond donors (Lipinski definition) is 2. The number of allylic oxidation sites excluding steroid dienone is 1. The molecule has 0 fully saturated rings. The normalized spacial score (nSPS) is 13.9. The molecule has 1 amide bonds. The molecule has 0 saturated carbocycles. The third kappa shape index (κ3) is 3.40. The second-order valence-electron chi connectivity index (χ2n) is 6.56. The second-order valence-corrected chi connectivity index (χ2v) is 6.56. The molecule has 1 aromatic heterocycles. The summed E-state index contributed by atoms with van der Waals surface area (Å²) in [6.45, 7) is 5.61. The molecule has 0 radical (unpaired) electrons. The first-order valence-corrected chi connectivity index (χ1v) is 8.84. The number of amides is 1. The van der Waals surface area contributed by atoms with Crippen LogP contribution in [0.15, 0.2) is 36.9 Å². The van der Waals surface area contributed by atoms with Crippen molar-refractivity contribution in [3.8, 4) is 5.69 Å². The van der Waals surface area contributed by atoms with Crippen LogP contribution >= 0.6 is 0 Å². The first kappa shape index (κ1) is 17.9. The fourth-order valence-electron chi connectivity index (χ4n) is 3.39. The Morgan fingerprint density at radius 3 is 2.85 bits per heavy atom. The number of aromatic nitrogens is 2. The quantitative estimate of drug-likeness (QED) is 0.750. The number of nitrogens with one attached hydrogen (secondary N) is 1. The third-order valence-electron chi connectivity index (χ3n) is 4.75. The van der Waals surface area contributed by atoms with E-state index in [1.54, 1.807) is 6.08 Å². The molecule has 3 rings (SSSR count). The van der Waals surface area contributed by atoms with Gasteiger partial charge in [-0.1, -0.05) is 24.3 Å². The number of fused-ring (bicyclic) bond motifs is 1. The van der Waals surface area contributed by atoms with E-state index in [2.05, 4.69) is 17.0 Å². The van der Waals surface area contributed by atoms with Gasteiger partial charge in [-0.3, -0.25) is 4.79 Å². The van der Waals surface area contributed by atoms with E-state index in [0.29, 0.717) is 18.5 Å². The Bertz CT molecular complexity index is 854. The molecule has 0 saturated heterocycles. The molecule has 1 atom stereocenters. The molecule has 136 valence electrons. The van der Waals surface area contributed by atoms with Gasteiger partial charge in [-0.2, -0.15) is 5.10 Å². The SMILES string of the molecule is C=CCCC(NC(=O)c1nn(-c2ccccc2C)c2c1CCC2)C(=O)O. The van der Waals surface area contributed by atoms with Gasteiger partial charge in [0.2, 0.25) is 0 Å². The van der Waals surface area contributed by atoms with E-state index in [1.165, 1.54) is 0 Å². The summed E-state index contributed by atoms with van der Waals surface area (Å²) in [5, 5.41) is 16.5. The lowest BCUT2D eigenvalue weighted by Gasteiger charge is -2.13. The highest BCUT2D eigenvalue weighted by Crippen LogP contribution is 2.28. The summed E-state index contributed by atoms with van der Waals surface area (Å²) in [5.74, 6) is -1.47. The lowest BCUT2D eigenvalue weighted by atomic mass is 10.1. The molecule has 1 unspecified atom stereocenters. The molecule has 2 aromatic rings. The van der Waals surface area contributed by atoms with Crippen LogP contribution in [0.2, 0.25) is 0 Å². The summed E-state index contributed by atoms with van der Waals surface area (Å²) in [5.41, 5.74) is 4.34. The van der Waals surface area contributed by atoms with Crippen molar-refractivity contribution in [2.45, 2.75) is 45.1 Å². The molecule has 26 heavy (non-hydrogen) atoms. The largest absolute Gasteiger partial charge is 0.480 e. The van der Waals surface area contributed by atoms with Crippen LogP contribution in [0.1, 0.15) is 46.6 Å². The van der Waals surface area contributed by atoms with Gasteiger partial charge in [0.05, 0.1) is 5.69 Å². The number of benzene rings is 1. The summed E-state index contributed by atoms with van der Waals surface area (Å²) >= 11 is 0. The van der Waals surface area contributed by atoms with Crippen molar-refractivity contribution in [2.75, 3.05) is 0 Å². The highest BCUT2D eigenvalue weighted by atomic mass is 16.4. The molecule has 2 N–H and O–H groups in total. The van der Waals surface area contributed by atoms with Gasteiger partial charge < -0.3 is 10.4 Å². The van der Waals surface area contributed by atoms with E-state index < -0.39 is 17.9 Å². The fourth-order valence-corrected chi connectivity index (χ4v) is 3.39. The fraction of sp³-hybridized carbons (Fsp3) is 0.350. The molecule has 6 heteroatoms. The maximum atomic E-state index is 12.7. The Morgan fingerprint density at radius 2 is 2.15 bits per heavy atom. The van der Waals surface area contributed by atoms with E-state index in [4.69, 9.17) is 0 Å². The summed E-state index contributed by atoms with van der Waals surface area (Å²) < 4.78 is 1.84. The summed E-state index contributed by atoms with van der Waals surface area (Å²) in [6.07, 6.45) is 5.10. The Morgan fingerprint density at radius 1 is 1.38 bits per heavy atom. The minimum atomic E-state index is -1.05. The minimum absolute atomic E-state index is 0.311. The number of carboxylic acids is 1. The zero-order valence-corrected chi connectivity index (χ0v) is 14.9. The number of carbonyl (C=O) groups is 2. The highest BCUT2D eigenvalue weighted by Gasteiger charge is 2.29. The van der Waals surface area contributed by atoms with Crippen LogP contribution < -0.4 is 5.32 Å². The van der Waals surface area contributed by atoms with Crippen LogP contribution in [-0.4, -0.2) is 32.8 Å². The van der Waals surface area contributed by atoms with E-state index in [-0.39, 0.29) is 0 Å². The Hall–Kier alpha value is -2.89. The van der Waals surface area contributed by atoms with Crippen molar-refractivity contribution < 1.29 is 14.7 Å². The highest BCUT2D eigenvalue weighted by molar-refractivity contribution is 5.96. The third-order valence-corrected chi connectivity index (χ3v) is 4.75. The number of aryl methyl sites for hydroxylation is 1. The summed E-state index contributed by atoms with van der Waals surface area (Å²) in [4.78, 5) is 24.1. The van der Waals surface area contributed by atoms with Gasteiger partial charge in [-0.25, -0.2) is 9.48 Å². The van der Waals surface area contributed by atoms with E-state index in [0.717, 1.165) is 41.8 Å². The predicted molar refractivity (Wildman–Crippen MR) is 98.6 cm³/mol. The molecule has 0 bridgehead atoms. The number of carboxylic acid groups (broad SMARTS) is 1. The lowest BCUT2D eigenvalue weighted by molar-refractivity contribution is -0.139. The molecule has 1 aliphatic rings. The Kier molecular flexibility index (Phi) is 5.21. The monoisotopic (exact) mass is 353 g/mol. The maximum Gasteiger partial charge on any atom is 0.326 e. The summed E-state index contributed by atoms with van der Waals surface area (Å²) in [6, 6.07) is 6.95. The molecule has 1 aliphatic carbocycles. The smallest absolute Gasteiger partial charge is 0.326 e. The van der Waals surface area contributed by atoms with Crippen molar-refractivity contribution in [3.63, 3.8) is 0 Å². The van der Waals surface area contributed by atoms with Crippen LogP contribution in [0.5, 0.6) is 0 Å². The summed E-state index contributed by atoms with van der Waals surface area (Å²) in [7, 11) is 0. The predicted octanol–water partition coefficient (Wildman–Crippen LogP) is 2.82. The van der Waals surface area contributed by atoms with E-state index in [9.17, 15) is 14.7 Å². The average molecular weight is 353 g/mol. The minimum Gasteiger partial charge on any atom is -0.480 e. The van der Waals surface area contributed by atoms with Crippen molar-refractivity contribution in [2.24, 2.45) is 0 Å². The van der Waals surface area contributed by atoms with Crippen molar-refractivity contribution >= 4 is 11.9 Å². The Balaban J connectivity index is 1.92. The van der Waals surface area contributed by atoms with Crippen molar-refractivity contribution in [3.05, 3.63) is 59.4 Å². The number of rotatable bonds is 7. The Labute approximate surface area is 152 Å². The average Bonchev–Trinajstić information content (AvgIpc) is 3.21. The first-order valence-electron chi connectivity index (χ1n) is 8.84. The van der Waals surface area contributed by atoms with E-state index in [1.807, 2.05) is 35.9 Å². The van der Waals surface area contributed by atoms with Crippen LogP contribution in [0.3, 0.4) is 0 Å². The van der Waals surface area contributed by atoms with Gasteiger partial charge in [0.15, 0.2) is 5.69 Å². The van der Waals surface area contributed by atoms with Crippen LogP contribution in [0.25, 0.3) is 5.69 Å². The maximum absolute atomic E-state index is 12.7. The van der Waals surface area contributed by atoms with Gasteiger partial charge in [0.25, 0.3) is 5.91 Å². The second kappa shape index (κ2) is 7.56. The lowest BCUT2D eigenvalue weighted by Crippen LogP contribution is -2.41. The molecule has 0 spiro atoms. The van der Waals surface area contributed by atoms with Gasteiger partial charge in [0.1, 0.15) is 6.04 Å². The number of nitrogens with zero attached hydrogens (tertiary/aromatic N) is 2. The van der Waals surface area contributed by atoms with Crippen molar-refractivity contribution in [1.29, 1.82) is 0 Å². The number of carbonyl (C=O) groups excluding carboxylic acids is 1. The molecule has 1 aromatic carbocycles. The van der Waals surface area contributed by atoms with Crippen LogP contribution in [0.4, 0.5) is 0 Å². The first-order chi connectivity index (χ1) is 12.5. The topological polar surface area (TPSA) is 84.2 Å². The van der Waals surface area contributed by atoms with Gasteiger partial charge in [-0.15, -0.1) is 6.58 Å².